The van der Waals surface area contributed by atoms with Crippen molar-refractivity contribution in [1.82, 2.24) is 4.98 Å². The van der Waals surface area contributed by atoms with E-state index in [4.69, 9.17) is 4.74 Å². The zero-order valence-corrected chi connectivity index (χ0v) is 14.8. The fourth-order valence-electron chi connectivity index (χ4n) is 3.02. The van der Waals surface area contributed by atoms with Gasteiger partial charge in [-0.25, -0.2) is 4.79 Å². The van der Waals surface area contributed by atoms with Crippen molar-refractivity contribution in [3.63, 3.8) is 0 Å². The maximum absolute atomic E-state index is 12.8. The first kappa shape index (κ1) is 17.9. The van der Waals surface area contributed by atoms with E-state index in [0.29, 0.717) is 22.5 Å². The quantitative estimate of drug-likeness (QED) is 0.631. The number of aromatic amines is 1. The lowest BCUT2D eigenvalue weighted by molar-refractivity contribution is -0.709. The van der Waals surface area contributed by atoms with E-state index in [1.165, 1.54) is 12.7 Å². The highest BCUT2D eigenvalue weighted by molar-refractivity contribution is 6.03. The van der Waals surface area contributed by atoms with Crippen molar-refractivity contribution in [2.45, 2.75) is 39.8 Å². The number of ether oxygens (including phenoxy) is 1. The number of quaternary nitrogens is 1. The van der Waals surface area contributed by atoms with Crippen LogP contribution in [0.5, 0.6) is 0 Å². The molecule has 0 unspecified atom stereocenters. The maximum atomic E-state index is 12.8. The number of nitrogens with one attached hydrogen (secondary N) is 1. The zero-order chi connectivity index (χ0) is 17.9. The lowest BCUT2D eigenvalue weighted by Gasteiger charge is -2.16. The molecule has 0 saturated heterocycles. The van der Waals surface area contributed by atoms with Crippen molar-refractivity contribution in [2.24, 2.45) is 0 Å². The number of carbonyl (C=O) groups is 2. The minimum absolute atomic E-state index is 0.0199. The van der Waals surface area contributed by atoms with Gasteiger partial charge in [0.1, 0.15) is 12.1 Å². The molecule has 1 aromatic heterocycles. The molecule has 1 aromatic carbocycles. The van der Waals surface area contributed by atoms with E-state index >= 15 is 0 Å². The van der Waals surface area contributed by atoms with E-state index in [1.54, 1.807) is 13.8 Å². The summed E-state index contributed by atoms with van der Waals surface area (Å²) in [6.45, 7) is 7.51. The van der Waals surface area contributed by atoms with Crippen LogP contribution in [0, 0.1) is 13.8 Å². The number of aromatic nitrogens is 1. The number of methoxy groups -OCH3 is 1. The molecular weight excluding hydrogens is 304 g/mol. The highest BCUT2D eigenvalue weighted by Gasteiger charge is 2.28. The van der Waals surface area contributed by atoms with Gasteiger partial charge in [-0.05, 0) is 33.3 Å². The summed E-state index contributed by atoms with van der Waals surface area (Å²) in [5.41, 5.74) is 3.41. The van der Waals surface area contributed by atoms with Gasteiger partial charge >= 0.3 is 5.97 Å². The van der Waals surface area contributed by atoms with Gasteiger partial charge in [-0.1, -0.05) is 30.3 Å². The van der Waals surface area contributed by atoms with E-state index in [2.05, 4.69) is 24.0 Å². The summed E-state index contributed by atoms with van der Waals surface area (Å²) in [6.07, 6.45) is 0. The van der Waals surface area contributed by atoms with Gasteiger partial charge < -0.3 is 15.0 Å². The third kappa shape index (κ3) is 3.57. The topological polar surface area (TPSA) is 75.8 Å². The Labute approximate surface area is 142 Å². The van der Waals surface area contributed by atoms with Gasteiger partial charge in [-0.2, -0.15) is 0 Å². The van der Waals surface area contributed by atoms with Crippen LogP contribution in [-0.2, 0) is 4.74 Å². The van der Waals surface area contributed by atoms with Crippen molar-refractivity contribution in [3.05, 3.63) is 58.4 Å². The second-order valence-corrected chi connectivity index (χ2v) is 6.16. The zero-order valence-electron chi connectivity index (χ0n) is 14.8. The molecule has 5 heteroatoms. The molecule has 0 aliphatic carbocycles. The largest absolute Gasteiger partial charge is 0.465 e. The third-order valence-corrected chi connectivity index (χ3v) is 4.39. The number of aryl methyl sites for hydroxylation is 1. The van der Waals surface area contributed by atoms with Crippen LogP contribution in [0.3, 0.4) is 0 Å². The molecule has 0 radical (unpaired) electrons. The Morgan fingerprint density at radius 1 is 1.12 bits per heavy atom. The number of rotatable bonds is 6. The Balaban J connectivity index is 2.18. The second kappa shape index (κ2) is 7.45. The lowest BCUT2D eigenvalue weighted by Crippen LogP contribution is -2.91. The van der Waals surface area contributed by atoms with Gasteiger partial charge in [0.05, 0.1) is 18.4 Å². The smallest absolute Gasteiger partial charge is 0.339 e. The fraction of sp³-hybridized carbons (Fsp3) is 0.368. The summed E-state index contributed by atoms with van der Waals surface area (Å²) in [5, 5.41) is 2.03. The Morgan fingerprint density at radius 3 is 2.33 bits per heavy atom. The molecule has 0 aliphatic rings. The minimum Gasteiger partial charge on any atom is -0.465 e. The standard InChI is InChI=1S/C19H24N2O3/c1-11-16(19(23)24-5)13(3)21-17(11)18(22)14(4)20-12(2)15-9-7-6-8-10-15/h6-10,12,14,20-21H,1-5H3/p+1/t12-,14+/m1/s1. The number of ketones is 1. The Kier molecular flexibility index (Phi) is 5.57. The van der Waals surface area contributed by atoms with Crippen LogP contribution in [0.15, 0.2) is 30.3 Å². The van der Waals surface area contributed by atoms with Crippen molar-refractivity contribution in [1.29, 1.82) is 0 Å². The van der Waals surface area contributed by atoms with Crippen LogP contribution >= 0.6 is 0 Å². The van der Waals surface area contributed by atoms with E-state index in [0.717, 1.165) is 0 Å². The van der Waals surface area contributed by atoms with Gasteiger partial charge in [0, 0.05) is 11.3 Å². The fourth-order valence-corrected chi connectivity index (χ4v) is 3.02. The summed E-state index contributed by atoms with van der Waals surface area (Å²) in [4.78, 5) is 27.7. The molecule has 0 fully saturated rings. The summed E-state index contributed by atoms with van der Waals surface area (Å²) in [5.74, 6) is -0.442. The third-order valence-electron chi connectivity index (χ3n) is 4.39. The molecule has 0 bridgehead atoms. The normalized spacial score (nSPS) is 13.4. The first-order valence-electron chi connectivity index (χ1n) is 8.08. The Hall–Kier alpha value is -2.40. The number of carbonyl (C=O) groups excluding carboxylic acids is 2. The van der Waals surface area contributed by atoms with Crippen molar-refractivity contribution in [3.8, 4) is 0 Å². The number of esters is 1. The number of nitrogens with two attached hydrogens (primary N) is 1. The van der Waals surface area contributed by atoms with Gasteiger partial charge in [0.2, 0.25) is 5.78 Å². The average molecular weight is 329 g/mol. The van der Waals surface area contributed by atoms with Crippen LogP contribution in [0.1, 0.15) is 57.6 Å². The van der Waals surface area contributed by atoms with Crippen LogP contribution in [-0.4, -0.2) is 29.9 Å². The Bertz CT molecular complexity index is 735. The molecule has 2 atom stereocenters. The summed E-state index contributed by atoms with van der Waals surface area (Å²) in [6, 6.07) is 9.98. The molecule has 0 amide bonds. The number of H-pyrrole nitrogens is 1. The van der Waals surface area contributed by atoms with Crippen LogP contribution in [0.2, 0.25) is 0 Å². The predicted octanol–water partition coefficient (Wildman–Crippen LogP) is 2.31. The number of benzene rings is 1. The summed E-state index contributed by atoms with van der Waals surface area (Å²) >= 11 is 0. The average Bonchev–Trinajstić information content (AvgIpc) is 2.88. The van der Waals surface area contributed by atoms with E-state index < -0.39 is 5.97 Å². The Morgan fingerprint density at radius 2 is 1.75 bits per heavy atom. The van der Waals surface area contributed by atoms with Gasteiger partial charge in [-0.15, -0.1) is 0 Å². The molecule has 1 heterocycles. The van der Waals surface area contributed by atoms with E-state index in [9.17, 15) is 9.59 Å². The highest BCUT2D eigenvalue weighted by atomic mass is 16.5. The van der Waals surface area contributed by atoms with E-state index in [-0.39, 0.29) is 17.9 Å². The molecule has 24 heavy (non-hydrogen) atoms. The lowest BCUT2D eigenvalue weighted by atomic mass is 10.0. The highest BCUT2D eigenvalue weighted by Crippen LogP contribution is 2.20. The SMILES string of the molecule is COC(=O)c1c(C)[nH]c(C(=O)[C@H](C)[NH2+][C@H](C)c2ccccc2)c1C. The van der Waals surface area contributed by atoms with Crippen molar-refractivity contribution >= 4 is 11.8 Å². The molecule has 0 aliphatic heterocycles. The van der Waals surface area contributed by atoms with Gasteiger partial charge in [0.25, 0.3) is 0 Å². The monoisotopic (exact) mass is 329 g/mol. The predicted molar refractivity (Wildman–Crippen MR) is 92.2 cm³/mol. The van der Waals surface area contributed by atoms with Crippen molar-refractivity contribution in [2.75, 3.05) is 7.11 Å². The van der Waals surface area contributed by atoms with E-state index in [1.807, 2.05) is 30.4 Å². The second-order valence-electron chi connectivity index (χ2n) is 6.16. The molecule has 128 valence electrons. The first-order valence-corrected chi connectivity index (χ1v) is 8.08. The molecule has 3 N–H and O–H groups in total. The minimum atomic E-state index is -0.422. The number of Topliss-reactive ketones (excluding diaryl/α,β-unsaturated/α-hetero) is 1. The maximum Gasteiger partial charge on any atom is 0.339 e. The van der Waals surface area contributed by atoms with Gasteiger partial charge in [-0.3, -0.25) is 4.79 Å². The number of hydrogen-bond donors (Lipinski definition) is 2. The molecular formula is C19H25N2O3+. The summed E-state index contributed by atoms with van der Waals surface area (Å²) < 4.78 is 4.80. The molecule has 2 aromatic rings. The molecule has 0 saturated carbocycles. The molecule has 0 spiro atoms. The molecule has 2 rings (SSSR count). The van der Waals surface area contributed by atoms with Gasteiger partial charge in [0.15, 0.2) is 0 Å². The first-order chi connectivity index (χ1) is 11.4. The summed E-state index contributed by atoms with van der Waals surface area (Å²) in [7, 11) is 1.34. The van der Waals surface area contributed by atoms with Crippen molar-refractivity contribution < 1.29 is 19.6 Å². The molecule has 5 nitrogen and oxygen atoms in total. The van der Waals surface area contributed by atoms with Crippen LogP contribution < -0.4 is 5.32 Å². The number of hydrogen-bond acceptors (Lipinski definition) is 3. The van der Waals surface area contributed by atoms with Crippen LogP contribution in [0.4, 0.5) is 0 Å². The van der Waals surface area contributed by atoms with Crippen LogP contribution in [0.25, 0.3) is 0 Å².